The number of β-amino-alcohol motifs (C(OH)–C–C–N with tert-alkyl or cyclic N) is 1. The number of carbonyl (C=O) groups excluding carboxylic acids is 2. The molecule has 2 amide bonds. The highest BCUT2D eigenvalue weighted by Crippen LogP contribution is 2.32. The van der Waals surface area contributed by atoms with Gasteiger partial charge in [-0.3, -0.25) is 9.59 Å². The van der Waals surface area contributed by atoms with Crippen molar-refractivity contribution >= 4 is 23.2 Å². The Labute approximate surface area is 206 Å². The number of hydroxylamine groups is 1. The second-order valence-electron chi connectivity index (χ2n) is 8.75. The third-order valence-corrected chi connectivity index (χ3v) is 6.93. The number of nitrogens with one attached hydrogen (secondary N) is 1. The van der Waals surface area contributed by atoms with Gasteiger partial charge in [-0.2, -0.15) is 5.48 Å². The zero-order chi connectivity index (χ0) is 25.1. The number of thiazole rings is 1. The first kappa shape index (κ1) is 24.7. The first-order valence-corrected chi connectivity index (χ1v) is 12.1. The topological polar surface area (TPSA) is 127 Å². The van der Waals surface area contributed by atoms with Gasteiger partial charge >= 0.3 is 0 Å². The maximum atomic E-state index is 13.5. The van der Waals surface area contributed by atoms with E-state index in [0.29, 0.717) is 11.5 Å². The lowest BCUT2D eigenvalue weighted by atomic mass is 9.91. The molecule has 1 saturated heterocycles. The molecule has 0 spiro atoms. The van der Waals surface area contributed by atoms with Crippen LogP contribution >= 0.6 is 11.3 Å². The summed E-state index contributed by atoms with van der Waals surface area (Å²) in [6.07, 6.45) is -0.719. The van der Waals surface area contributed by atoms with Crippen LogP contribution in [0.1, 0.15) is 37.6 Å². The zero-order valence-corrected chi connectivity index (χ0v) is 20.7. The van der Waals surface area contributed by atoms with Crippen LogP contribution in [0, 0.1) is 12.8 Å². The molecule has 0 bridgehead atoms. The van der Waals surface area contributed by atoms with E-state index in [1.807, 2.05) is 32.9 Å². The molecule has 3 heterocycles. The minimum Gasteiger partial charge on any atom is -0.479 e. The van der Waals surface area contributed by atoms with Gasteiger partial charge in [-0.05, 0) is 47.8 Å². The number of carbonyl (C=O) groups is 2. The molecule has 1 fully saturated rings. The number of ether oxygens (including phenoxy) is 1. The molecule has 1 aliphatic rings. The molecule has 0 saturated carbocycles. The second-order valence-corrected chi connectivity index (χ2v) is 9.60. The number of rotatable bonds is 8. The Balaban J connectivity index is 1.43. The maximum absolute atomic E-state index is 13.5. The Hall–Kier alpha value is -3.44. The van der Waals surface area contributed by atoms with Crippen molar-refractivity contribution in [2.24, 2.45) is 5.92 Å². The summed E-state index contributed by atoms with van der Waals surface area (Å²) in [5.74, 6) is -0.632. The summed E-state index contributed by atoms with van der Waals surface area (Å²) in [5, 5.41) is 14.0. The minimum atomic E-state index is -0.886. The lowest BCUT2D eigenvalue weighted by Crippen LogP contribution is -2.48. The zero-order valence-electron chi connectivity index (χ0n) is 19.9. The fraction of sp³-hybridized carbons (Fsp3) is 0.417. The molecule has 3 atom stereocenters. The molecule has 0 aliphatic carbocycles. The van der Waals surface area contributed by atoms with E-state index in [2.05, 4.69) is 15.6 Å². The van der Waals surface area contributed by atoms with Crippen molar-refractivity contribution in [1.82, 2.24) is 20.5 Å². The van der Waals surface area contributed by atoms with Gasteiger partial charge in [-0.1, -0.05) is 13.8 Å². The average molecular weight is 501 g/mol. The van der Waals surface area contributed by atoms with Gasteiger partial charge in [0.2, 0.25) is 5.91 Å². The first-order chi connectivity index (χ1) is 16.8. The molecule has 1 aliphatic heterocycles. The molecule has 0 unspecified atom stereocenters. The Kier molecular flexibility index (Phi) is 7.37. The Morgan fingerprint density at radius 1 is 1.29 bits per heavy atom. The standard InChI is InChI=1S/C24H28N4O6S/c1-13(2)21(19-10-20(32-4)26-34-19)24(31)28-11-16(29)9-18(28)23(30)27-33-17-7-5-15(6-8-17)22-14(3)25-12-35-22/h5-8,10,12-13,16,18,21,29H,9,11H2,1-4H3,(H,27,30)/t16-,18+,21-/m1/s1. The van der Waals surface area contributed by atoms with E-state index in [9.17, 15) is 14.7 Å². The summed E-state index contributed by atoms with van der Waals surface area (Å²) in [6.45, 7) is 5.73. The van der Waals surface area contributed by atoms with Crippen LogP contribution in [0.15, 0.2) is 40.4 Å². The summed E-state index contributed by atoms with van der Waals surface area (Å²) >= 11 is 1.55. The third-order valence-electron chi connectivity index (χ3n) is 5.95. The number of aryl methyl sites for hydroxylation is 1. The third kappa shape index (κ3) is 5.30. The number of aliphatic hydroxyl groups is 1. The monoisotopic (exact) mass is 500 g/mol. The van der Waals surface area contributed by atoms with Gasteiger partial charge in [0.15, 0.2) is 11.5 Å². The first-order valence-electron chi connectivity index (χ1n) is 11.2. The molecule has 2 aromatic heterocycles. The van der Waals surface area contributed by atoms with Crippen molar-refractivity contribution in [2.75, 3.05) is 13.7 Å². The van der Waals surface area contributed by atoms with Gasteiger partial charge in [0, 0.05) is 19.0 Å². The van der Waals surface area contributed by atoms with E-state index in [0.717, 1.165) is 16.1 Å². The number of aliphatic hydroxyl groups excluding tert-OH is 1. The van der Waals surface area contributed by atoms with Crippen LogP contribution in [0.5, 0.6) is 11.6 Å². The van der Waals surface area contributed by atoms with Crippen LogP contribution in [-0.2, 0) is 9.59 Å². The molecule has 0 radical (unpaired) electrons. The van der Waals surface area contributed by atoms with Crippen molar-refractivity contribution in [3.8, 4) is 22.1 Å². The minimum absolute atomic E-state index is 0.0360. The average Bonchev–Trinajstić information content (AvgIpc) is 3.57. The highest BCUT2D eigenvalue weighted by atomic mass is 32.1. The van der Waals surface area contributed by atoms with E-state index in [1.54, 1.807) is 35.0 Å². The number of hydrogen-bond acceptors (Lipinski definition) is 9. The maximum Gasteiger partial charge on any atom is 0.275 e. The van der Waals surface area contributed by atoms with Gasteiger partial charge in [0.25, 0.3) is 11.8 Å². The van der Waals surface area contributed by atoms with E-state index in [4.69, 9.17) is 14.1 Å². The number of benzene rings is 1. The van der Waals surface area contributed by atoms with E-state index in [-0.39, 0.29) is 30.7 Å². The van der Waals surface area contributed by atoms with Crippen molar-refractivity contribution in [3.05, 3.63) is 47.3 Å². The van der Waals surface area contributed by atoms with Crippen molar-refractivity contribution in [3.63, 3.8) is 0 Å². The highest BCUT2D eigenvalue weighted by molar-refractivity contribution is 7.13. The van der Waals surface area contributed by atoms with Gasteiger partial charge in [0.05, 0.1) is 29.3 Å². The number of methoxy groups -OCH3 is 1. The van der Waals surface area contributed by atoms with Crippen LogP contribution in [0.25, 0.3) is 10.4 Å². The molecular formula is C24H28N4O6S. The van der Waals surface area contributed by atoms with Crippen molar-refractivity contribution in [2.45, 2.75) is 45.3 Å². The smallest absolute Gasteiger partial charge is 0.275 e. The fourth-order valence-corrected chi connectivity index (χ4v) is 4.98. The predicted molar refractivity (Wildman–Crippen MR) is 128 cm³/mol. The van der Waals surface area contributed by atoms with Crippen LogP contribution < -0.4 is 15.1 Å². The molecule has 4 rings (SSSR count). The van der Waals surface area contributed by atoms with Crippen molar-refractivity contribution < 1.29 is 28.8 Å². The predicted octanol–water partition coefficient (Wildman–Crippen LogP) is 2.93. The number of likely N-dealkylation sites (tertiary alicyclic amines) is 1. The fourth-order valence-electron chi connectivity index (χ4n) is 4.17. The number of amides is 2. The highest BCUT2D eigenvalue weighted by Gasteiger charge is 2.43. The summed E-state index contributed by atoms with van der Waals surface area (Å²) in [4.78, 5) is 38.6. The largest absolute Gasteiger partial charge is 0.479 e. The Bertz CT molecular complexity index is 1170. The quantitative estimate of drug-likeness (QED) is 0.452. The number of hydrogen-bond donors (Lipinski definition) is 2. The van der Waals surface area contributed by atoms with Crippen LogP contribution in [0.4, 0.5) is 0 Å². The van der Waals surface area contributed by atoms with Gasteiger partial charge in [0.1, 0.15) is 12.0 Å². The van der Waals surface area contributed by atoms with Gasteiger partial charge in [-0.25, -0.2) is 4.98 Å². The summed E-state index contributed by atoms with van der Waals surface area (Å²) in [5.41, 5.74) is 6.17. The Morgan fingerprint density at radius 2 is 2.03 bits per heavy atom. The molecule has 10 nitrogen and oxygen atoms in total. The summed E-state index contributed by atoms with van der Waals surface area (Å²) in [7, 11) is 1.46. The van der Waals surface area contributed by atoms with E-state index in [1.165, 1.54) is 12.0 Å². The van der Waals surface area contributed by atoms with Crippen LogP contribution in [0.2, 0.25) is 0 Å². The Morgan fingerprint density at radius 3 is 2.63 bits per heavy atom. The molecule has 3 aromatic rings. The molecule has 2 N–H and O–H groups in total. The lowest BCUT2D eigenvalue weighted by Gasteiger charge is -2.28. The SMILES string of the molecule is COc1cc([C@H](C(=O)N2C[C@H](O)C[C@H]2C(=O)NOc2ccc(-c3scnc3C)cc2)C(C)C)on1. The van der Waals surface area contributed by atoms with E-state index >= 15 is 0 Å². The molecule has 11 heteroatoms. The lowest BCUT2D eigenvalue weighted by molar-refractivity contribution is -0.143. The molecule has 35 heavy (non-hydrogen) atoms. The normalized spacial score (nSPS) is 18.5. The van der Waals surface area contributed by atoms with Gasteiger partial charge < -0.3 is 24.1 Å². The summed E-state index contributed by atoms with van der Waals surface area (Å²) in [6, 6.07) is 7.93. The second kappa shape index (κ2) is 10.4. The molecule has 1 aromatic carbocycles. The van der Waals surface area contributed by atoms with Gasteiger partial charge in [-0.15, -0.1) is 11.3 Å². The summed E-state index contributed by atoms with van der Waals surface area (Å²) < 4.78 is 10.4. The molecular weight excluding hydrogens is 472 g/mol. The van der Waals surface area contributed by atoms with E-state index < -0.39 is 24.0 Å². The van der Waals surface area contributed by atoms with Crippen LogP contribution in [-0.4, -0.2) is 57.8 Å². The number of aromatic nitrogens is 2. The van der Waals surface area contributed by atoms with Crippen LogP contribution in [0.3, 0.4) is 0 Å². The number of nitrogens with zero attached hydrogens (tertiary/aromatic N) is 3. The molecule has 186 valence electrons. The van der Waals surface area contributed by atoms with Crippen molar-refractivity contribution in [1.29, 1.82) is 0 Å².